The van der Waals surface area contributed by atoms with Gasteiger partial charge in [0, 0.05) is 26.2 Å². The number of aliphatic hydroxyl groups is 2. The minimum atomic E-state index is -0.361. The molecule has 1 saturated heterocycles. The standard InChI is InChI=1S/C12H23N3O4/c13-12(19)10-2-1-3-15(8-10)11(18)9-14(4-6-16)5-7-17/h10,16-17H,1-9H2,(H2,13,19). The molecular formula is C12H23N3O4. The zero-order valence-corrected chi connectivity index (χ0v) is 11.1. The summed E-state index contributed by atoms with van der Waals surface area (Å²) in [4.78, 5) is 26.6. The average Bonchev–Trinajstić information content (AvgIpc) is 2.39. The minimum Gasteiger partial charge on any atom is -0.395 e. The van der Waals surface area contributed by atoms with E-state index in [1.165, 1.54) is 0 Å². The van der Waals surface area contributed by atoms with Crippen molar-refractivity contribution in [2.24, 2.45) is 11.7 Å². The maximum atomic E-state index is 12.1. The lowest BCUT2D eigenvalue weighted by Crippen LogP contribution is -2.48. The van der Waals surface area contributed by atoms with Gasteiger partial charge in [-0.1, -0.05) is 0 Å². The quantitative estimate of drug-likeness (QED) is 0.497. The molecule has 1 atom stereocenters. The van der Waals surface area contributed by atoms with Crippen LogP contribution in [0.5, 0.6) is 0 Å². The number of nitrogens with two attached hydrogens (primary N) is 1. The van der Waals surface area contributed by atoms with E-state index in [4.69, 9.17) is 15.9 Å². The predicted molar refractivity (Wildman–Crippen MR) is 69.1 cm³/mol. The fourth-order valence-corrected chi connectivity index (χ4v) is 2.28. The number of primary amides is 1. The van der Waals surface area contributed by atoms with Crippen molar-refractivity contribution in [1.29, 1.82) is 0 Å². The molecule has 0 aromatic carbocycles. The van der Waals surface area contributed by atoms with Gasteiger partial charge in [-0.15, -0.1) is 0 Å². The molecule has 2 amide bonds. The molecule has 19 heavy (non-hydrogen) atoms. The summed E-state index contributed by atoms with van der Waals surface area (Å²) >= 11 is 0. The van der Waals surface area contributed by atoms with Crippen molar-refractivity contribution in [3.63, 3.8) is 0 Å². The highest BCUT2D eigenvalue weighted by molar-refractivity contribution is 5.81. The summed E-state index contributed by atoms with van der Waals surface area (Å²) in [5, 5.41) is 17.8. The van der Waals surface area contributed by atoms with Crippen LogP contribution in [-0.4, -0.2) is 77.8 Å². The summed E-state index contributed by atoms with van der Waals surface area (Å²) in [7, 11) is 0. The predicted octanol–water partition coefficient (Wildman–Crippen LogP) is -2.00. The minimum absolute atomic E-state index is 0.0583. The second-order valence-corrected chi connectivity index (χ2v) is 4.80. The van der Waals surface area contributed by atoms with E-state index in [2.05, 4.69) is 0 Å². The number of piperidine rings is 1. The summed E-state index contributed by atoms with van der Waals surface area (Å²) in [6.07, 6.45) is 1.51. The molecular weight excluding hydrogens is 250 g/mol. The molecule has 4 N–H and O–H groups in total. The Bertz CT molecular complexity index is 305. The number of hydrogen-bond acceptors (Lipinski definition) is 5. The van der Waals surface area contributed by atoms with Crippen molar-refractivity contribution in [3.05, 3.63) is 0 Å². The lowest BCUT2D eigenvalue weighted by atomic mass is 9.97. The van der Waals surface area contributed by atoms with Crippen molar-refractivity contribution in [2.75, 3.05) is 45.9 Å². The summed E-state index contributed by atoms with van der Waals surface area (Å²) in [6, 6.07) is 0. The number of likely N-dealkylation sites (tertiary alicyclic amines) is 1. The van der Waals surface area contributed by atoms with E-state index in [9.17, 15) is 9.59 Å². The normalized spacial score (nSPS) is 19.7. The van der Waals surface area contributed by atoms with E-state index < -0.39 is 0 Å². The molecule has 0 aliphatic carbocycles. The Morgan fingerprint density at radius 1 is 1.26 bits per heavy atom. The van der Waals surface area contributed by atoms with Gasteiger partial charge in [0.05, 0.1) is 25.7 Å². The Balaban J connectivity index is 2.49. The SMILES string of the molecule is NC(=O)C1CCCN(C(=O)CN(CCO)CCO)C1. The number of carbonyl (C=O) groups excluding carboxylic acids is 2. The molecule has 0 spiro atoms. The average molecular weight is 273 g/mol. The van der Waals surface area contributed by atoms with Gasteiger partial charge >= 0.3 is 0 Å². The highest BCUT2D eigenvalue weighted by atomic mass is 16.3. The Hall–Kier alpha value is -1.18. The van der Waals surface area contributed by atoms with Gasteiger partial charge in [0.15, 0.2) is 0 Å². The van der Waals surface area contributed by atoms with Crippen molar-refractivity contribution in [2.45, 2.75) is 12.8 Å². The van der Waals surface area contributed by atoms with Crippen LogP contribution < -0.4 is 5.73 Å². The summed E-state index contributed by atoms with van der Waals surface area (Å²) in [6.45, 7) is 1.73. The number of rotatable bonds is 7. The lowest BCUT2D eigenvalue weighted by molar-refractivity contribution is -0.136. The highest BCUT2D eigenvalue weighted by Gasteiger charge is 2.27. The highest BCUT2D eigenvalue weighted by Crippen LogP contribution is 2.16. The fourth-order valence-electron chi connectivity index (χ4n) is 2.28. The Kier molecular flexibility index (Phi) is 6.75. The fraction of sp³-hybridized carbons (Fsp3) is 0.833. The number of nitrogens with zero attached hydrogens (tertiary/aromatic N) is 2. The summed E-state index contributed by atoms with van der Waals surface area (Å²) < 4.78 is 0. The number of aliphatic hydroxyl groups excluding tert-OH is 2. The molecule has 0 radical (unpaired) electrons. The van der Waals surface area contributed by atoms with Crippen molar-refractivity contribution in [1.82, 2.24) is 9.80 Å². The van der Waals surface area contributed by atoms with Crippen LogP contribution in [0.1, 0.15) is 12.8 Å². The van der Waals surface area contributed by atoms with Gasteiger partial charge in [-0.25, -0.2) is 0 Å². The van der Waals surface area contributed by atoms with E-state index in [0.29, 0.717) is 26.2 Å². The van der Waals surface area contributed by atoms with Gasteiger partial charge in [0.1, 0.15) is 0 Å². The first-order valence-electron chi connectivity index (χ1n) is 6.59. The number of hydrogen-bond donors (Lipinski definition) is 3. The first kappa shape index (κ1) is 15.9. The van der Waals surface area contributed by atoms with Gasteiger partial charge in [0.25, 0.3) is 0 Å². The molecule has 0 saturated carbocycles. The Morgan fingerprint density at radius 2 is 1.89 bits per heavy atom. The molecule has 0 aromatic heterocycles. The third kappa shape index (κ3) is 5.14. The smallest absolute Gasteiger partial charge is 0.236 e. The zero-order valence-electron chi connectivity index (χ0n) is 11.1. The Morgan fingerprint density at radius 3 is 2.42 bits per heavy atom. The van der Waals surface area contributed by atoms with Crippen LogP contribution >= 0.6 is 0 Å². The second kappa shape index (κ2) is 8.08. The van der Waals surface area contributed by atoms with E-state index in [1.807, 2.05) is 0 Å². The van der Waals surface area contributed by atoms with Gasteiger partial charge in [-0.2, -0.15) is 0 Å². The molecule has 1 fully saturated rings. The van der Waals surface area contributed by atoms with Crippen LogP contribution in [0.4, 0.5) is 0 Å². The van der Waals surface area contributed by atoms with E-state index >= 15 is 0 Å². The van der Waals surface area contributed by atoms with Gasteiger partial charge in [-0.3, -0.25) is 14.5 Å². The van der Waals surface area contributed by atoms with Gasteiger partial charge in [-0.05, 0) is 12.8 Å². The lowest BCUT2D eigenvalue weighted by Gasteiger charge is -2.32. The van der Waals surface area contributed by atoms with E-state index in [0.717, 1.165) is 12.8 Å². The van der Waals surface area contributed by atoms with Crippen molar-refractivity contribution < 1.29 is 19.8 Å². The molecule has 0 bridgehead atoms. The molecule has 7 nitrogen and oxygen atoms in total. The van der Waals surface area contributed by atoms with Crippen LogP contribution in [0.2, 0.25) is 0 Å². The summed E-state index contributed by atoms with van der Waals surface area (Å²) in [5.74, 6) is -0.713. The van der Waals surface area contributed by atoms with Crippen molar-refractivity contribution in [3.8, 4) is 0 Å². The molecule has 1 aliphatic heterocycles. The van der Waals surface area contributed by atoms with E-state index in [1.54, 1.807) is 9.80 Å². The Labute approximate surface area is 113 Å². The maximum absolute atomic E-state index is 12.1. The van der Waals surface area contributed by atoms with Crippen LogP contribution in [-0.2, 0) is 9.59 Å². The molecule has 1 rings (SSSR count). The van der Waals surface area contributed by atoms with Crippen LogP contribution in [0.3, 0.4) is 0 Å². The molecule has 7 heteroatoms. The second-order valence-electron chi connectivity index (χ2n) is 4.80. The number of carbonyl (C=O) groups is 2. The molecule has 110 valence electrons. The van der Waals surface area contributed by atoms with Crippen LogP contribution in [0, 0.1) is 5.92 Å². The van der Waals surface area contributed by atoms with Crippen LogP contribution in [0.15, 0.2) is 0 Å². The monoisotopic (exact) mass is 273 g/mol. The van der Waals surface area contributed by atoms with Gasteiger partial charge < -0.3 is 20.8 Å². The molecule has 0 aromatic rings. The zero-order chi connectivity index (χ0) is 14.3. The van der Waals surface area contributed by atoms with Crippen molar-refractivity contribution >= 4 is 11.8 Å². The first-order valence-corrected chi connectivity index (χ1v) is 6.59. The van der Waals surface area contributed by atoms with E-state index in [-0.39, 0.29) is 37.5 Å². The largest absolute Gasteiger partial charge is 0.395 e. The molecule has 1 aliphatic rings. The molecule has 1 heterocycles. The molecule has 1 unspecified atom stereocenters. The van der Waals surface area contributed by atoms with Gasteiger partial charge in [0.2, 0.25) is 11.8 Å². The maximum Gasteiger partial charge on any atom is 0.236 e. The van der Waals surface area contributed by atoms with Crippen LogP contribution in [0.25, 0.3) is 0 Å². The third-order valence-electron chi connectivity index (χ3n) is 3.37. The topological polar surface area (TPSA) is 107 Å². The first-order chi connectivity index (χ1) is 9.08. The summed E-state index contributed by atoms with van der Waals surface area (Å²) in [5.41, 5.74) is 5.27. The third-order valence-corrected chi connectivity index (χ3v) is 3.37. The number of amides is 2.